The third-order valence-electron chi connectivity index (χ3n) is 13.2. The van der Waals surface area contributed by atoms with Gasteiger partial charge in [-0.2, -0.15) is 0 Å². The lowest BCUT2D eigenvalue weighted by atomic mass is 9.62. The highest BCUT2D eigenvalue weighted by molar-refractivity contribution is 8.10. The van der Waals surface area contributed by atoms with Gasteiger partial charge in [-0.1, -0.05) is 76.2 Å². The fourth-order valence-electron chi connectivity index (χ4n) is 10.3. The van der Waals surface area contributed by atoms with Crippen molar-refractivity contribution in [2.45, 2.75) is 65.0 Å². The van der Waals surface area contributed by atoms with Crippen molar-refractivity contribution in [1.82, 2.24) is 4.90 Å². The Kier molecular flexibility index (Phi) is 8.08. The van der Waals surface area contributed by atoms with Crippen LogP contribution < -0.4 is 10.5 Å². The predicted molar refractivity (Wildman–Crippen MR) is 226 cm³/mol. The lowest BCUT2D eigenvalue weighted by Crippen LogP contribution is -2.46. The van der Waals surface area contributed by atoms with Gasteiger partial charge in [0, 0.05) is 51.2 Å². The number of benzene rings is 4. The van der Waals surface area contributed by atoms with Crippen LogP contribution in [0.15, 0.2) is 104 Å². The zero-order chi connectivity index (χ0) is 39.5. The summed E-state index contributed by atoms with van der Waals surface area (Å²) < 4.78 is 10.9. The number of ether oxygens (including phenoxy) is 1. The van der Waals surface area contributed by atoms with Crippen LogP contribution in [0.5, 0.6) is 0 Å². The molecule has 0 spiro atoms. The summed E-state index contributed by atoms with van der Waals surface area (Å²) in [4.78, 5) is 60.3. The first kappa shape index (κ1) is 36.0. The molecule has 0 fully saturated rings. The van der Waals surface area contributed by atoms with Gasteiger partial charge in [-0.3, -0.25) is 14.5 Å². The third-order valence-corrected chi connectivity index (χ3v) is 14.9. The van der Waals surface area contributed by atoms with Crippen molar-refractivity contribution in [1.29, 1.82) is 0 Å². The van der Waals surface area contributed by atoms with Crippen molar-refractivity contribution in [2.75, 3.05) is 31.1 Å². The molecule has 288 valence electrons. The van der Waals surface area contributed by atoms with Crippen molar-refractivity contribution in [3.8, 4) is 0 Å². The Labute approximate surface area is 335 Å². The number of amides is 2. The van der Waals surface area contributed by atoms with Crippen LogP contribution in [-0.4, -0.2) is 53.7 Å². The van der Waals surface area contributed by atoms with E-state index in [9.17, 15) is 19.2 Å². The molecule has 10 rings (SSSR count). The van der Waals surface area contributed by atoms with Crippen LogP contribution in [0.4, 0.5) is 5.69 Å². The van der Waals surface area contributed by atoms with Gasteiger partial charge in [0.25, 0.3) is 11.8 Å². The minimum Gasteiger partial charge on any atom is -0.460 e. The van der Waals surface area contributed by atoms with Gasteiger partial charge in [-0.15, -0.1) is 11.8 Å². The summed E-state index contributed by atoms with van der Waals surface area (Å²) in [6, 6.07) is 22.7. The fraction of sp³-hybridized carbons (Fsp3) is 0.333. The Hall–Kier alpha value is -5.41. The summed E-state index contributed by atoms with van der Waals surface area (Å²) in [7, 11) is 0. The van der Waals surface area contributed by atoms with Crippen LogP contribution >= 0.6 is 11.8 Å². The minimum absolute atomic E-state index is 0.0502. The standard InChI is InChI=1S/C48H44N2O6S/c1-26(2)37-35-25-36(38-31-15-8-6-12-27(31)22-28-13-7-9-16-32(28)38)57-48(35,5)47(3,4)40-39(37)43(51)50(44(40)52)20-21-55-45(53)34-24-30-23-29-14-10-18-49-19-11-17-33(41(29)49)42(30)56-46(34)54/h6-9,12-13,15-16,22-26H,10-11,14,17-21H2,1-5H3. The Morgan fingerprint density at radius 3 is 2.26 bits per heavy atom. The number of allylic oxidation sites excluding steroid dienone is 1. The van der Waals surface area contributed by atoms with Gasteiger partial charge in [0.2, 0.25) is 0 Å². The number of hydrogen-bond acceptors (Lipinski definition) is 8. The van der Waals surface area contributed by atoms with E-state index in [2.05, 4.69) is 100 Å². The molecule has 4 aromatic carbocycles. The molecule has 1 aliphatic carbocycles. The molecule has 1 aromatic heterocycles. The Bertz CT molecular complexity index is 2770. The number of esters is 1. The van der Waals surface area contributed by atoms with Crippen LogP contribution in [-0.2, 0) is 27.2 Å². The summed E-state index contributed by atoms with van der Waals surface area (Å²) in [6.07, 6.45) is 6.06. The van der Waals surface area contributed by atoms with E-state index in [0.29, 0.717) is 22.1 Å². The van der Waals surface area contributed by atoms with E-state index in [1.807, 2.05) is 6.07 Å². The number of carbonyl (C=O) groups excluding carboxylic acids is 3. The molecule has 9 heteroatoms. The van der Waals surface area contributed by atoms with E-state index in [4.69, 9.17) is 9.15 Å². The van der Waals surface area contributed by atoms with E-state index in [-0.39, 0.29) is 36.4 Å². The number of carbonyl (C=O) groups is 3. The summed E-state index contributed by atoms with van der Waals surface area (Å²) in [5, 5.41) is 5.36. The molecule has 1 atom stereocenters. The summed E-state index contributed by atoms with van der Waals surface area (Å²) in [5.74, 6) is -1.63. The number of aryl methyl sites for hydroxylation is 2. The molecular formula is C48H44N2O6S. The topological polar surface area (TPSA) is 97.1 Å². The molecule has 0 radical (unpaired) electrons. The van der Waals surface area contributed by atoms with Crippen molar-refractivity contribution in [2.24, 2.45) is 11.3 Å². The first-order valence-electron chi connectivity index (χ1n) is 20.1. The number of anilines is 1. The number of thioether (sulfide) groups is 1. The van der Waals surface area contributed by atoms with E-state index < -0.39 is 21.8 Å². The molecule has 0 N–H and O–H groups in total. The van der Waals surface area contributed by atoms with Gasteiger partial charge in [0.15, 0.2) is 0 Å². The SMILES string of the molecule is CC(C)C1=C2C=C(c3c4ccccc4cc4ccccc34)SC2(C)C(C)(C)C2=C1C(=O)N(CCOC(=O)c1cc3cc4c5c(c3oc1=O)CCCN5CCC4)C2=O. The molecule has 1 unspecified atom stereocenters. The molecule has 2 amide bonds. The quantitative estimate of drug-likeness (QED) is 0.0730. The summed E-state index contributed by atoms with van der Waals surface area (Å²) in [5.41, 5.74) is 6.36. The average molecular weight is 777 g/mol. The molecule has 0 bridgehead atoms. The maximum Gasteiger partial charge on any atom is 0.351 e. The second-order valence-corrected chi connectivity index (χ2v) is 18.5. The zero-order valence-corrected chi connectivity index (χ0v) is 33.7. The molecule has 57 heavy (non-hydrogen) atoms. The third kappa shape index (κ3) is 5.13. The van der Waals surface area contributed by atoms with E-state index in [1.165, 1.54) is 16.2 Å². The van der Waals surface area contributed by atoms with Crippen molar-refractivity contribution in [3.63, 3.8) is 0 Å². The highest BCUT2D eigenvalue weighted by Crippen LogP contribution is 2.66. The van der Waals surface area contributed by atoms with Crippen molar-refractivity contribution in [3.05, 3.63) is 128 Å². The van der Waals surface area contributed by atoms with E-state index in [1.54, 1.807) is 17.8 Å². The van der Waals surface area contributed by atoms with E-state index in [0.717, 1.165) is 87.5 Å². The lowest BCUT2D eigenvalue weighted by Gasteiger charge is -2.47. The largest absolute Gasteiger partial charge is 0.460 e. The molecule has 4 aliphatic heterocycles. The Morgan fingerprint density at radius 1 is 0.877 bits per heavy atom. The second kappa shape index (κ2) is 12.8. The number of imide groups is 1. The highest BCUT2D eigenvalue weighted by atomic mass is 32.2. The maximum atomic E-state index is 14.5. The number of fused-ring (bicyclic) bond motifs is 5. The fourth-order valence-corrected chi connectivity index (χ4v) is 11.8. The number of rotatable bonds is 6. The lowest BCUT2D eigenvalue weighted by molar-refractivity contribution is -0.138. The van der Waals surface area contributed by atoms with Crippen LogP contribution in [0, 0.1) is 11.3 Å². The molecule has 5 aromatic rings. The minimum atomic E-state index is -0.835. The molecule has 0 saturated heterocycles. The molecular weight excluding hydrogens is 733 g/mol. The molecule has 0 saturated carbocycles. The predicted octanol–water partition coefficient (Wildman–Crippen LogP) is 9.16. The monoisotopic (exact) mass is 776 g/mol. The Morgan fingerprint density at radius 2 is 1.56 bits per heavy atom. The molecule has 5 heterocycles. The zero-order valence-electron chi connectivity index (χ0n) is 32.9. The van der Waals surface area contributed by atoms with Crippen LogP contribution in [0.2, 0.25) is 0 Å². The van der Waals surface area contributed by atoms with Crippen LogP contribution in [0.1, 0.15) is 74.5 Å². The average Bonchev–Trinajstić information content (AvgIpc) is 3.67. The summed E-state index contributed by atoms with van der Waals surface area (Å²) >= 11 is 1.77. The van der Waals surface area contributed by atoms with Gasteiger partial charge >= 0.3 is 11.6 Å². The first-order valence-corrected chi connectivity index (χ1v) is 20.9. The van der Waals surface area contributed by atoms with Gasteiger partial charge in [-0.25, -0.2) is 9.59 Å². The second-order valence-electron chi connectivity index (χ2n) is 17.0. The number of hydrogen-bond donors (Lipinski definition) is 0. The van der Waals surface area contributed by atoms with Crippen LogP contribution in [0.25, 0.3) is 37.4 Å². The first-order chi connectivity index (χ1) is 27.4. The maximum absolute atomic E-state index is 14.5. The normalized spacial score (nSPS) is 21.2. The van der Waals surface area contributed by atoms with Gasteiger partial charge in [0.05, 0.1) is 16.9 Å². The molecule has 5 aliphatic rings. The van der Waals surface area contributed by atoms with Crippen molar-refractivity contribution < 1.29 is 23.5 Å². The smallest absolute Gasteiger partial charge is 0.351 e. The summed E-state index contributed by atoms with van der Waals surface area (Å²) in [6.45, 7) is 12.1. The van der Waals surface area contributed by atoms with Crippen LogP contribution in [0.3, 0.4) is 0 Å². The van der Waals surface area contributed by atoms with E-state index >= 15 is 0 Å². The molecule has 8 nitrogen and oxygen atoms in total. The van der Waals surface area contributed by atoms with Gasteiger partial charge in [0.1, 0.15) is 17.8 Å². The van der Waals surface area contributed by atoms with Crippen molar-refractivity contribution >= 4 is 72.7 Å². The van der Waals surface area contributed by atoms with Gasteiger partial charge < -0.3 is 14.1 Å². The highest BCUT2D eigenvalue weighted by Gasteiger charge is 2.60. The van der Waals surface area contributed by atoms with Gasteiger partial charge in [-0.05, 0) is 101 Å². The Balaban J connectivity index is 0.957. The number of nitrogens with zero attached hydrogens (tertiary/aromatic N) is 2.